The minimum absolute atomic E-state index is 0.0660. The zero-order valence-corrected chi connectivity index (χ0v) is 16.6. The molecule has 4 rings (SSSR count). The van der Waals surface area contributed by atoms with Crippen molar-refractivity contribution < 1.29 is 4.79 Å². The summed E-state index contributed by atoms with van der Waals surface area (Å²) in [7, 11) is 0. The Morgan fingerprint density at radius 2 is 2.00 bits per heavy atom. The van der Waals surface area contributed by atoms with Gasteiger partial charge in [-0.3, -0.25) is 9.59 Å². The average molecular weight is 398 g/mol. The highest BCUT2D eigenvalue weighted by Crippen LogP contribution is 2.25. The van der Waals surface area contributed by atoms with Crippen molar-refractivity contribution in [2.24, 2.45) is 0 Å². The number of para-hydroxylation sites is 1. The number of likely N-dealkylation sites (tertiary alicyclic amines) is 1. The fourth-order valence-corrected chi connectivity index (χ4v) is 4.68. The lowest BCUT2D eigenvalue weighted by atomic mass is 9.98. The Morgan fingerprint density at radius 1 is 1.25 bits per heavy atom. The molecule has 28 heavy (non-hydrogen) atoms. The molecule has 2 aromatic heterocycles. The molecule has 1 saturated heterocycles. The lowest BCUT2D eigenvalue weighted by molar-refractivity contribution is -0.134. The third kappa shape index (κ3) is 3.42. The molecule has 1 fully saturated rings. The average Bonchev–Trinajstić information content (AvgIpc) is 3.20. The second kappa shape index (κ2) is 7.75. The van der Waals surface area contributed by atoms with Crippen molar-refractivity contribution in [2.45, 2.75) is 50.4 Å². The van der Waals surface area contributed by atoms with Crippen LogP contribution in [-0.2, 0) is 4.79 Å². The Balaban J connectivity index is 1.67. The molecule has 2 atom stereocenters. The van der Waals surface area contributed by atoms with Gasteiger partial charge in [0.05, 0.1) is 16.7 Å². The highest BCUT2D eigenvalue weighted by Gasteiger charge is 2.29. The summed E-state index contributed by atoms with van der Waals surface area (Å²) < 4.78 is 1.39. The lowest BCUT2D eigenvalue weighted by Crippen LogP contribution is -2.48. The van der Waals surface area contributed by atoms with Crippen molar-refractivity contribution >= 4 is 28.6 Å². The zero-order valence-electron chi connectivity index (χ0n) is 15.8. The van der Waals surface area contributed by atoms with Crippen LogP contribution in [0.2, 0.25) is 0 Å². The van der Waals surface area contributed by atoms with E-state index < -0.39 is 0 Å². The van der Waals surface area contributed by atoms with Crippen LogP contribution in [0.15, 0.2) is 40.5 Å². The molecule has 0 spiro atoms. The number of hydrogen-bond donors (Lipinski definition) is 1. The molecule has 0 radical (unpaired) electrons. The number of amides is 1. The molecule has 3 aromatic rings. The van der Waals surface area contributed by atoms with Gasteiger partial charge in [-0.2, -0.15) is 10.1 Å². The molecule has 0 saturated carbocycles. The van der Waals surface area contributed by atoms with Gasteiger partial charge in [-0.15, -0.1) is 0 Å². The molecular weight excluding hydrogens is 376 g/mol. The summed E-state index contributed by atoms with van der Waals surface area (Å²) in [6.45, 7) is 4.19. The summed E-state index contributed by atoms with van der Waals surface area (Å²) in [6.07, 6.45) is 4.54. The SMILES string of the molecule is C[C@H]1CCC[C@H](C)N1C(=O)CSc1nc2ccccc2c(=O)n1-c1ncn[nH]1. The molecular formula is C19H22N6O2S. The summed E-state index contributed by atoms with van der Waals surface area (Å²) >= 11 is 1.25. The van der Waals surface area contributed by atoms with Gasteiger partial charge in [-0.1, -0.05) is 23.9 Å². The summed E-state index contributed by atoms with van der Waals surface area (Å²) in [5.74, 6) is 0.572. The standard InChI is InChI=1S/C19H22N6O2S/c1-12-6-5-7-13(2)24(12)16(26)10-28-19-22-15-9-4-3-8-14(15)17(27)25(19)18-20-11-21-23-18/h3-4,8-9,11-13H,5-7,10H2,1-2H3,(H,20,21,23)/t12-,13-/m0/s1. The van der Waals surface area contributed by atoms with Crippen LogP contribution in [0.3, 0.4) is 0 Å². The molecule has 1 aliphatic rings. The molecule has 1 aromatic carbocycles. The molecule has 1 aliphatic heterocycles. The minimum atomic E-state index is -0.239. The third-order valence-corrected chi connectivity index (χ3v) is 6.09. The Labute approximate surface area is 166 Å². The number of benzene rings is 1. The minimum Gasteiger partial charge on any atom is -0.337 e. The number of fused-ring (bicyclic) bond motifs is 1. The summed E-state index contributed by atoms with van der Waals surface area (Å²) in [5, 5.41) is 7.47. The molecule has 0 aliphatic carbocycles. The number of nitrogens with zero attached hydrogens (tertiary/aromatic N) is 5. The van der Waals surface area contributed by atoms with E-state index in [-0.39, 0.29) is 35.3 Å². The number of carbonyl (C=O) groups is 1. The summed E-state index contributed by atoms with van der Waals surface area (Å²) in [4.78, 5) is 36.6. The summed E-state index contributed by atoms with van der Waals surface area (Å²) in [5.41, 5.74) is 0.356. The first-order chi connectivity index (χ1) is 13.6. The van der Waals surface area contributed by atoms with E-state index in [4.69, 9.17) is 0 Å². The number of piperidine rings is 1. The molecule has 0 bridgehead atoms. The second-order valence-corrected chi connectivity index (χ2v) is 8.02. The molecule has 3 heterocycles. The van der Waals surface area contributed by atoms with Gasteiger partial charge in [0.15, 0.2) is 5.16 Å². The topological polar surface area (TPSA) is 96.8 Å². The van der Waals surface area contributed by atoms with Crippen LogP contribution in [0.4, 0.5) is 0 Å². The van der Waals surface area contributed by atoms with E-state index in [9.17, 15) is 9.59 Å². The van der Waals surface area contributed by atoms with Gasteiger partial charge < -0.3 is 4.90 Å². The number of nitrogens with one attached hydrogen (secondary N) is 1. The molecule has 8 nitrogen and oxygen atoms in total. The number of thioether (sulfide) groups is 1. The van der Waals surface area contributed by atoms with Crippen LogP contribution < -0.4 is 5.56 Å². The first-order valence-electron chi connectivity index (χ1n) is 9.37. The molecule has 146 valence electrons. The van der Waals surface area contributed by atoms with Gasteiger partial charge in [0.2, 0.25) is 11.9 Å². The van der Waals surface area contributed by atoms with E-state index in [0.717, 1.165) is 19.3 Å². The number of aromatic amines is 1. The van der Waals surface area contributed by atoms with Crippen LogP contribution in [-0.4, -0.2) is 53.4 Å². The van der Waals surface area contributed by atoms with Gasteiger partial charge in [0.25, 0.3) is 5.56 Å². The molecule has 0 unspecified atom stereocenters. The monoisotopic (exact) mass is 398 g/mol. The van der Waals surface area contributed by atoms with Crippen LogP contribution >= 0.6 is 11.8 Å². The number of carbonyl (C=O) groups excluding carboxylic acids is 1. The predicted molar refractivity (Wildman–Crippen MR) is 108 cm³/mol. The first-order valence-corrected chi connectivity index (χ1v) is 10.4. The fourth-order valence-electron chi connectivity index (χ4n) is 3.82. The number of H-pyrrole nitrogens is 1. The normalized spacial score (nSPS) is 19.9. The first kappa shape index (κ1) is 18.7. The lowest BCUT2D eigenvalue weighted by Gasteiger charge is -2.39. The van der Waals surface area contributed by atoms with Gasteiger partial charge in [-0.25, -0.2) is 14.6 Å². The van der Waals surface area contributed by atoms with Crippen molar-refractivity contribution in [2.75, 3.05) is 5.75 Å². The van der Waals surface area contributed by atoms with E-state index in [2.05, 4.69) is 34.0 Å². The summed E-state index contributed by atoms with van der Waals surface area (Å²) in [6, 6.07) is 7.63. The van der Waals surface area contributed by atoms with Crippen LogP contribution in [0, 0.1) is 0 Å². The van der Waals surface area contributed by atoms with Crippen molar-refractivity contribution in [3.05, 3.63) is 40.9 Å². The smallest absolute Gasteiger partial charge is 0.269 e. The molecule has 1 amide bonds. The predicted octanol–water partition coefficient (Wildman–Crippen LogP) is 2.39. The largest absolute Gasteiger partial charge is 0.337 e. The van der Waals surface area contributed by atoms with E-state index in [1.165, 1.54) is 22.7 Å². The molecule has 9 heteroatoms. The number of rotatable bonds is 4. The number of aromatic nitrogens is 5. The van der Waals surface area contributed by atoms with E-state index in [1.807, 2.05) is 11.0 Å². The van der Waals surface area contributed by atoms with Crippen LogP contribution in [0.25, 0.3) is 16.9 Å². The van der Waals surface area contributed by atoms with Gasteiger partial charge in [0, 0.05) is 12.1 Å². The van der Waals surface area contributed by atoms with Crippen LogP contribution in [0.1, 0.15) is 33.1 Å². The van der Waals surface area contributed by atoms with Crippen molar-refractivity contribution in [1.29, 1.82) is 0 Å². The third-order valence-electron chi connectivity index (χ3n) is 5.17. The maximum atomic E-state index is 13.0. The van der Waals surface area contributed by atoms with Crippen molar-refractivity contribution in [3.63, 3.8) is 0 Å². The highest BCUT2D eigenvalue weighted by molar-refractivity contribution is 7.99. The maximum Gasteiger partial charge on any atom is 0.269 e. The van der Waals surface area contributed by atoms with Gasteiger partial charge >= 0.3 is 0 Å². The Morgan fingerprint density at radius 3 is 2.71 bits per heavy atom. The van der Waals surface area contributed by atoms with Crippen LogP contribution in [0.5, 0.6) is 0 Å². The van der Waals surface area contributed by atoms with Crippen molar-refractivity contribution in [3.8, 4) is 5.95 Å². The fraction of sp³-hybridized carbons (Fsp3) is 0.421. The Kier molecular flexibility index (Phi) is 5.17. The van der Waals surface area contributed by atoms with Gasteiger partial charge in [0.1, 0.15) is 6.33 Å². The highest BCUT2D eigenvalue weighted by atomic mass is 32.2. The Bertz CT molecular complexity index is 1040. The van der Waals surface area contributed by atoms with Crippen molar-refractivity contribution in [1.82, 2.24) is 29.6 Å². The Hall–Kier alpha value is -2.68. The molecule has 1 N–H and O–H groups in total. The van der Waals surface area contributed by atoms with E-state index in [1.54, 1.807) is 18.2 Å². The number of hydrogen-bond acceptors (Lipinski definition) is 6. The second-order valence-electron chi connectivity index (χ2n) is 7.08. The van der Waals surface area contributed by atoms with E-state index in [0.29, 0.717) is 16.1 Å². The van der Waals surface area contributed by atoms with Gasteiger partial charge in [-0.05, 0) is 45.2 Å². The van der Waals surface area contributed by atoms with E-state index >= 15 is 0 Å². The maximum absolute atomic E-state index is 13.0. The zero-order chi connectivity index (χ0) is 19.7. The quantitative estimate of drug-likeness (QED) is 0.535.